The number of pyridine rings is 1. The Balaban J connectivity index is 2.08. The molecule has 0 bridgehead atoms. The van der Waals surface area contributed by atoms with E-state index in [-0.39, 0.29) is 0 Å². The number of aromatic nitrogens is 4. The van der Waals surface area contributed by atoms with Gasteiger partial charge in [0, 0.05) is 10.9 Å². The number of benzene rings is 1. The van der Waals surface area contributed by atoms with Crippen LogP contribution in [0.3, 0.4) is 0 Å². The van der Waals surface area contributed by atoms with Gasteiger partial charge in [-0.1, -0.05) is 18.2 Å². The number of aryl methyl sites for hydroxylation is 1. The zero-order chi connectivity index (χ0) is 13.2. The number of aromatic amines is 1. The molecule has 3 rings (SSSR count). The predicted octanol–water partition coefficient (Wildman–Crippen LogP) is 2.63. The van der Waals surface area contributed by atoms with E-state index in [9.17, 15) is 4.79 Å². The maximum atomic E-state index is 11.2. The van der Waals surface area contributed by atoms with E-state index in [1.807, 2.05) is 37.3 Å². The average Bonchev–Trinajstić information content (AvgIpc) is 2.83. The molecule has 0 aliphatic heterocycles. The van der Waals surface area contributed by atoms with E-state index in [0.717, 1.165) is 23.0 Å². The van der Waals surface area contributed by atoms with Gasteiger partial charge in [-0.3, -0.25) is 9.89 Å². The summed E-state index contributed by atoms with van der Waals surface area (Å²) in [6, 6.07) is 9.51. The van der Waals surface area contributed by atoms with Crippen molar-refractivity contribution < 1.29 is 4.79 Å². The van der Waals surface area contributed by atoms with Crippen molar-refractivity contribution in [1.82, 2.24) is 20.2 Å². The lowest BCUT2D eigenvalue weighted by atomic mass is 10.2. The van der Waals surface area contributed by atoms with Crippen molar-refractivity contribution in [1.29, 1.82) is 0 Å². The molecule has 0 amide bonds. The second-order valence-electron chi connectivity index (χ2n) is 4.00. The molecule has 2 aromatic heterocycles. The minimum Gasteiger partial charge on any atom is -0.298 e. The third-order valence-corrected chi connectivity index (χ3v) is 3.49. The number of nitrogens with zero attached hydrogens (tertiary/aromatic N) is 3. The lowest BCUT2D eigenvalue weighted by Gasteiger charge is -2.03. The lowest BCUT2D eigenvalue weighted by molar-refractivity contribution is 0.112. The number of nitrogens with one attached hydrogen (secondary N) is 1. The highest BCUT2D eigenvalue weighted by atomic mass is 32.2. The minimum absolute atomic E-state index is 0.547. The molecule has 0 fully saturated rings. The van der Waals surface area contributed by atoms with Crippen LogP contribution in [0, 0.1) is 6.92 Å². The fourth-order valence-corrected chi connectivity index (χ4v) is 2.55. The molecule has 6 heteroatoms. The molecule has 1 N–H and O–H groups in total. The van der Waals surface area contributed by atoms with Crippen LogP contribution in [0.15, 0.2) is 40.5 Å². The van der Waals surface area contributed by atoms with Crippen molar-refractivity contribution in [2.24, 2.45) is 0 Å². The van der Waals surface area contributed by atoms with E-state index >= 15 is 0 Å². The van der Waals surface area contributed by atoms with Crippen molar-refractivity contribution >= 4 is 29.0 Å². The van der Waals surface area contributed by atoms with E-state index in [1.54, 1.807) is 0 Å². The van der Waals surface area contributed by atoms with Gasteiger partial charge in [-0.25, -0.2) is 9.97 Å². The van der Waals surface area contributed by atoms with Crippen LogP contribution in [0.4, 0.5) is 0 Å². The quantitative estimate of drug-likeness (QED) is 0.741. The molecule has 0 saturated heterocycles. The summed E-state index contributed by atoms with van der Waals surface area (Å²) in [7, 11) is 0. The van der Waals surface area contributed by atoms with Crippen LogP contribution >= 0.6 is 11.8 Å². The van der Waals surface area contributed by atoms with Gasteiger partial charge in [0.15, 0.2) is 6.29 Å². The number of para-hydroxylation sites is 1. The highest BCUT2D eigenvalue weighted by Crippen LogP contribution is 2.27. The molecule has 0 atom stereocenters. The standard InChI is InChI=1S/C13H10N4OS/c1-8-14-13(17-16-8)19-12-10(7-18)6-9-4-2-3-5-11(9)15-12/h2-7H,1H3,(H,14,16,17). The van der Waals surface area contributed by atoms with E-state index in [4.69, 9.17) is 0 Å². The van der Waals surface area contributed by atoms with E-state index < -0.39 is 0 Å². The number of carbonyl (C=O) groups excluding carboxylic acids is 1. The molecule has 0 saturated carbocycles. The molecule has 0 spiro atoms. The summed E-state index contributed by atoms with van der Waals surface area (Å²) in [5, 5.41) is 8.92. The fraction of sp³-hybridized carbons (Fsp3) is 0.0769. The summed E-state index contributed by atoms with van der Waals surface area (Å²) in [5.41, 5.74) is 1.40. The molecular formula is C13H10N4OS. The SMILES string of the molecule is Cc1nc(Sc2nc3ccccc3cc2C=O)n[nH]1. The third-order valence-electron chi connectivity index (χ3n) is 2.61. The van der Waals surface area contributed by atoms with Gasteiger partial charge in [0.25, 0.3) is 0 Å². The second kappa shape index (κ2) is 4.81. The molecule has 0 aliphatic carbocycles. The molecule has 94 valence electrons. The first-order chi connectivity index (χ1) is 9.26. The first-order valence-corrected chi connectivity index (χ1v) is 6.50. The zero-order valence-corrected chi connectivity index (χ0v) is 10.9. The molecule has 2 heterocycles. The average molecular weight is 270 g/mol. The maximum Gasteiger partial charge on any atom is 0.214 e. The number of hydrogen-bond donors (Lipinski definition) is 1. The summed E-state index contributed by atoms with van der Waals surface area (Å²) in [5.74, 6) is 0.732. The van der Waals surface area contributed by atoms with E-state index in [2.05, 4.69) is 20.2 Å². The van der Waals surface area contributed by atoms with Gasteiger partial charge >= 0.3 is 0 Å². The number of H-pyrrole nitrogens is 1. The van der Waals surface area contributed by atoms with Gasteiger partial charge in [-0.05, 0) is 30.8 Å². The monoisotopic (exact) mass is 270 g/mol. The Kier molecular flexibility index (Phi) is 3.00. The van der Waals surface area contributed by atoms with Crippen LogP contribution in [0.5, 0.6) is 0 Å². The minimum atomic E-state index is 0.547. The number of rotatable bonds is 3. The smallest absolute Gasteiger partial charge is 0.214 e. The van der Waals surface area contributed by atoms with Gasteiger partial charge < -0.3 is 0 Å². The summed E-state index contributed by atoms with van der Waals surface area (Å²) < 4.78 is 0. The molecule has 0 unspecified atom stereocenters. The topological polar surface area (TPSA) is 71.5 Å². The van der Waals surface area contributed by atoms with Crippen LogP contribution in [0.2, 0.25) is 0 Å². The van der Waals surface area contributed by atoms with Gasteiger partial charge in [0.2, 0.25) is 5.16 Å². The van der Waals surface area contributed by atoms with Crippen LogP contribution in [-0.2, 0) is 0 Å². The molecule has 5 nitrogen and oxygen atoms in total. The Bertz CT molecular complexity index is 753. The molecule has 3 aromatic rings. The Morgan fingerprint density at radius 3 is 2.84 bits per heavy atom. The van der Waals surface area contributed by atoms with Crippen molar-refractivity contribution in [2.75, 3.05) is 0 Å². The number of hydrogen-bond acceptors (Lipinski definition) is 5. The lowest BCUT2D eigenvalue weighted by Crippen LogP contribution is -1.92. The highest BCUT2D eigenvalue weighted by molar-refractivity contribution is 7.99. The summed E-state index contributed by atoms with van der Waals surface area (Å²) in [4.78, 5) is 19.9. The molecule has 0 aliphatic rings. The zero-order valence-electron chi connectivity index (χ0n) is 10.1. The molecular weight excluding hydrogens is 260 g/mol. The van der Waals surface area contributed by atoms with Crippen LogP contribution in [0.25, 0.3) is 10.9 Å². The largest absolute Gasteiger partial charge is 0.298 e. The van der Waals surface area contributed by atoms with Crippen LogP contribution in [0.1, 0.15) is 16.2 Å². The Hall–Kier alpha value is -2.21. The summed E-state index contributed by atoms with van der Waals surface area (Å²) in [6.07, 6.45) is 0.807. The van der Waals surface area contributed by atoms with Crippen molar-refractivity contribution in [2.45, 2.75) is 17.1 Å². The van der Waals surface area contributed by atoms with Crippen molar-refractivity contribution in [3.05, 3.63) is 41.7 Å². The summed E-state index contributed by atoms with van der Waals surface area (Å²) >= 11 is 1.28. The van der Waals surface area contributed by atoms with Gasteiger partial charge in [-0.2, -0.15) is 0 Å². The predicted molar refractivity (Wildman–Crippen MR) is 72.4 cm³/mol. The van der Waals surface area contributed by atoms with Crippen LogP contribution in [-0.4, -0.2) is 26.5 Å². The van der Waals surface area contributed by atoms with Crippen LogP contribution < -0.4 is 0 Å². The maximum absolute atomic E-state index is 11.2. The van der Waals surface area contributed by atoms with E-state index in [1.165, 1.54) is 11.8 Å². The highest BCUT2D eigenvalue weighted by Gasteiger charge is 2.10. The number of carbonyl (C=O) groups is 1. The first kappa shape index (κ1) is 11.9. The molecule has 1 aromatic carbocycles. The Morgan fingerprint density at radius 1 is 1.26 bits per heavy atom. The Labute approximate surface area is 113 Å². The summed E-state index contributed by atoms with van der Waals surface area (Å²) in [6.45, 7) is 1.82. The normalized spacial score (nSPS) is 10.8. The van der Waals surface area contributed by atoms with Crippen molar-refractivity contribution in [3.8, 4) is 0 Å². The number of aldehydes is 1. The molecule has 0 radical (unpaired) electrons. The first-order valence-electron chi connectivity index (χ1n) is 5.68. The molecule has 19 heavy (non-hydrogen) atoms. The van der Waals surface area contributed by atoms with E-state index in [0.29, 0.717) is 15.7 Å². The fourth-order valence-electron chi connectivity index (χ4n) is 1.74. The Morgan fingerprint density at radius 2 is 2.11 bits per heavy atom. The van der Waals surface area contributed by atoms with Gasteiger partial charge in [0.05, 0.1) is 5.52 Å². The third kappa shape index (κ3) is 2.34. The second-order valence-corrected chi connectivity index (χ2v) is 4.95. The van der Waals surface area contributed by atoms with Gasteiger partial charge in [0.1, 0.15) is 10.9 Å². The van der Waals surface area contributed by atoms with Gasteiger partial charge in [-0.15, -0.1) is 5.10 Å². The van der Waals surface area contributed by atoms with Crippen molar-refractivity contribution in [3.63, 3.8) is 0 Å². The number of fused-ring (bicyclic) bond motifs is 1.